The number of amides is 1. The summed E-state index contributed by atoms with van der Waals surface area (Å²) >= 11 is 0. The monoisotopic (exact) mass is 257 g/mol. The molecule has 1 rings (SSSR count). The molecule has 0 spiro atoms. The zero-order valence-corrected chi connectivity index (χ0v) is 11.3. The third-order valence-electron chi connectivity index (χ3n) is 3.09. The Kier molecular flexibility index (Phi) is 6.72. The normalized spacial score (nSPS) is 18.7. The zero-order chi connectivity index (χ0) is 13.4. The summed E-state index contributed by atoms with van der Waals surface area (Å²) in [6.07, 6.45) is 1.42. The van der Waals surface area contributed by atoms with Gasteiger partial charge in [0.15, 0.2) is 0 Å². The van der Waals surface area contributed by atoms with E-state index in [9.17, 15) is 9.59 Å². The van der Waals surface area contributed by atoms with Gasteiger partial charge in [0, 0.05) is 32.0 Å². The fraction of sp³-hybridized carbons (Fsp3) is 0.846. The van der Waals surface area contributed by atoms with Crippen molar-refractivity contribution < 1.29 is 19.1 Å². The average Bonchev–Trinajstić information content (AvgIpc) is 2.86. The van der Waals surface area contributed by atoms with Crippen LogP contribution in [0.25, 0.3) is 0 Å². The summed E-state index contributed by atoms with van der Waals surface area (Å²) in [6, 6.07) is 0. The van der Waals surface area contributed by atoms with Gasteiger partial charge >= 0.3 is 5.97 Å². The summed E-state index contributed by atoms with van der Waals surface area (Å²) in [5, 5.41) is 0. The van der Waals surface area contributed by atoms with Crippen molar-refractivity contribution in [2.24, 2.45) is 5.92 Å². The Labute approximate surface area is 108 Å². The third-order valence-corrected chi connectivity index (χ3v) is 3.09. The van der Waals surface area contributed by atoms with Crippen molar-refractivity contribution in [3.8, 4) is 0 Å². The van der Waals surface area contributed by atoms with Crippen LogP contribution in [0.2, 0.25) is 0 Å². The van der Waals surface area contributed by atoms with Crippen molar-refractivity contribution in [2.45, 2.75) is 33.1 Å². The quantitative estimate of drug-likeness (QED) is 0.643. The number of hydrogen-bond acceptors (Lipinski definition) is 4. The highest BCUT2D eigenvalue weighted by Crippen LogP contribution is 2.14. The summed E-state index contributed by atoms with van der Waals surface area (Å²) in [5.74, 6) is 0.167. The molecule has 1 heterocycles. The van der Waals surface area contributed by atoms with Gasteiger partial charge in [0.2, 0.25) is 5.91 Å². The van der Waals surface area contributed by atoms with Gasteiger partial charge in [-0.25, -0.2) is 0 Å². The van der Waals surface area contributed by atoms with E-state index in [0.29, 0.717) is 19.1 Å². The first-order valence-electron chi connectivity index (χ1n) is 6.68. The van der Waals surface area contributed by atoms with Crippen LogP contribution in [-0.2, 0) is 19.1 Å². The van der Waals surface area contributed by atoms with E-state index in [1.165, 1.54) is 0 Å². The van der Waals surface area contributed by atoms with Crippen LogP contribution >= 0.6 is 0 Å². The smallest absolute Gasteiger partial charge is 0.306 e. The van der Waals surface area contributed by atoms with Crippen LogP contribution in [0.15, 0.2) is 0 Å². The number of ether oxygens (including phenoxy) is 2. The van der Waals surface area contributed by atoms with Crippen molar-refractivity contribution in [3.63, 3.8) is 0 Å². The minimum Gasteiger partial charge on any atom is -0.466 e. The number of carbonyl (C=O) groups excluding carboxylic acids is 2. The van der Waals surface area contributed by atoms with Crippen molar-refractivity contribution in [1.82, 2.24) is 4.90 Å². The van der Waals surface area contributed by atoms with Crippen molar-refractivity contribution >= 4 is 11.9 Å². The molecule has 0 saturated carbocycles. The predicted molar refractivity (Wildman–Crippen MR) is 67.0 cm³/mol. The maximum Gasteiger partial charge on any atom is 0.306 e. The van der Waals surface area contributed by atoms with E-state index in [4.69, 9.17) is 9.47 Å². The minimum absolute atomic E-state index is 0.0254. The molecule has 0 aliphatic carbocycles. The highest BCUT2D eigenvalue weighted by molar-refractivity contribution is 5.81. The summed E-state index contributed by atoms with van der Waals surface area (Å²) in [5.41, 5.74) is 0. The molecule has 5 heteroatoms. The molecule has 104 valence electrons. The summed E-state index contributed by atoms with van der Waals surface area (Å²) < 4.78 is 10.1. The Morgan fingerprint density at radius 1 is 1.33 bits per heavy atom. The lowest BCUT2D eigenvalue weighted by Gasteiger charge is -2.23. The van der Waals surface area contributed by atoms with E-state index < -0.39 is 0 Å². The highest BCUT2D eigenvalue weighted by atomic mass is 16.5. The van der Waals surface area contributed by atoms with Gasteiger partial charge in [-0.15, -0.1) is 0 Å². The van der Waals surface area contributed by atoms with Gasteiger partial charge < -0.3 is 14.4 Å². The van der Waals surface area contributed by atoms with Crippen LogP contribution in [0, 0.1) is 5.92 Å². The summed E-state index contributed by atoms with van der Waals surface area (Å²) in [7, 11) is 0. The molecule has 1 amide bonds. The molecule has 1 aliphatic rings. The molecule has 5 nitrogen and oxygen atoms in total. The Hall–Kier alpha value is -1.10. The van der Waals surface area contributed by atoms with E-state index in [0.717, 1.165) is 26.2 Å². The lowest BCUT2D eigenvalue weighted by Crippen LogP contribution is -2.35. The first kappa shape index (κ1) is 15.0. The van der Waals surface area contributed by atoms with Crippen LogP contribution < -0.4 is 0 Å². The molecule has 1 fully saturated rings. The largest absolute Gasteiger partial charge is 0.466 e. The second kappa shape index (κ2) is 8.08. The lowest BCUT2D eigenvalue weighted by atomic mass is 10.1. The van der Waals surface area contributed by atoms with Crippen LogP contribution in [0.5, 0.6) is 0 Å². The van der Waals surface area contributed by atoms with E-state index in [2.05, 4.69) is 0 Å². The molecule has 0 bridgehead atoms. The molecule has 0 aromatic rings. The summed E-state index contributed by atoms with van der Waals surface area (Å²) in [4.78, 5) is 24.9. The lowest BCUT2D eigenvalue weighted by molar-refractivity contribution is -0.145. The van der Waals surface area contributed by atoms with Crippen LogP contribution in [0.3, 0.4) is 0 Å². The topological polar surface area (TPSA) is 55.8 Å². The Morgan fingerprint density at radius 2 is 2.11 bits per heavy atom. The van der Waals surface area contributed by atoms with Gasteiger partial charge in [0.25, 0.3) is 0 Å². The molecule has 18 heavy (non-hydrogen) atoms. The predicted octanol–water partition coefficient (Wildman–Crippen LogP) is 1.21. The average molecular weight is 257 g/mol. The first-order valence-corrected chi connectivity index (χ1v) is 6.68. The van der Waals surface area contributed by atoms with Gasteiger partial charge in [-0.1, -0.05) is 0 Å². The second-order valence-corrected chi connectivity index (χ2v) is 4.47. The highest BCUT2D eigenvalue weighted by Gasteiger charge is 2.21. The van der Waals surface area contributed by atoms with Gasteiger partial charge in [0.05, 0.1) is 19.6 Å². The number of carbonyl (C=O) groups is 2. The molecule has 1 unspecified atom stereocenters. The van der Waals surface area contributed by atoms with Gasteiger partial charge in [-0.05, 0) is 20.3 Å². The molecule has 1 aliphatic heterocycles. The Bertz CT molecular complexity index is 274. The van der Waals surface area contributed by atoms with Crippen molar-refractivity contribution in [3.05, 3.63) is 0 Å². The van der Waals surface area contributed by atoms with Gasteiger partial charge in [-0.3, -0.25) is 9.59 Å². The van der Waals surface area contributed by atoms with E-state index in [1.54, 1.807) is 11.8 Å². The fourth-order valence-electron chi connectivity index (χ4n) is 2.05. The van der Waals surface area contributed by atoms with E-state index in [1.807, 2.05) is 6.92 Å². The molecular weight excluding hydrogens is 234 g/mol. The maximum atomic E-state index is 11.9. The minimum atomic E-state index is -0.300. The van der Waals surface area contributed by atoms with E-state index >= 15 is 0 Å². The Morgan fingerprint density at radius 3 is 2.67 bits per heavy atom. The molecule has 0 radical (unpaired) electrons. The SMILES string of the molecule is CCOC(=O)CCC(=O)N(CC)CC1CCOC1. The van der Waals surface area contributed by atoms with Crippen molar-refractivity contribution in [2.75, 3.05) is 32.9 Å². The second-order valence-electron chi connectivity index (χ2n) is 4.47. The summed E-state index contributed by atoms with van der Waals surface area (Å²) in [6.45, 7) is 7.03. The van der Waals surface area contributed by atoms with Crippen LogP contribution in [0.1, 0.15) is 33.1 Å². The third kappa shape index (κ3) is 5.04. The molecule has 0 N–H and O–H groups in total. The number of rotatable bonds is 7. The van der Waals surface area contributed by atoms with Gasteiger partial charge in [0.1, 0.15) is 0 Å². The number of hydrogen-bond donors (Lipinski definition) is 0. The number of nitrogens with zero attached hydrogens (tertiary/aromatic N) is 1. The van der Waals surface area contributed by atoms with Crippen molar-refractivity contribution in [1.29, 1.82) is 0 Å². The first-order chi connectivity index (χ1) is 8.67. The van der Waals surface area contributed by atoms with Gasteiger partial charge in [-0.2, -0.15) is 0 Å². The molecule has 0 aromatic carbocycles. The molecule has 0 aromatic heterocycles. The maximum absolute atomic E-state index is 11.9. The standard InChI is InChI=1S/C13H23NO4/c1-3-14(9-11-7-8-17-10-11)12(15)5-6-13(16)18-4-2/h11H,3-10H2,1-2H3. The van der Waals surface area contributed by atoms with E-state index in [-0.39, 0.29) is 24.7 Å². The van der Waals surface area contributed by atoms with Crippen LogP contribution in [-0.4, -0.2) is 49.7 Å². The number of esters is 1. The fourth-order valence-corrected chi connectivity index (χ4v) is 2.05. The molecular formula is C13H23NO4. The van der Waals surface area contributed by atoms with Crippen LogP contribution in [0.4, 0.5) is 0 Å². The zero-order valence-electron chi connectivity index (χ0n) is 11.3. The molecule has 1 atom stereocenters. The Balaban J connectivity index is 2.29. The molecule has 1 saturated heterocycles.